The number of hydrogen-bond donors (Lipinski definition) is 6. The van der Waals surface area contributed by atoms with Gasteiger partial charge in [0.2, 0.25) is 17.7 Å². The molecule has 0 fully saturated rings. The third-order valence-electron chi connectivity index (χ3n) is 13.8. The lowest BCUT2D eigenvalue weighted by Crippen LogP contribution is -2.52. The van der Waals surface area contributed by atoms with E-state index in [-0.39, 0.29) is 66.9 Å². The average Bonchev–Trinajstić information content (AvgIpc) is 3.43. The Balaban J connectivity index is 1.52. The summed E-state index contributed by atoms with van der Waals surface area (Å²) in [7, 11) is -13.8. The fourth-order valence-corrected chi connectivity index (χ4v) is 11.4. The van der Waals surface area contributed by atoms with Crippen LogP contribution in [0.4, 0.5) is 5.69 Å². The SMILES string of the molecule is CC1(C)C2=CC(CCCCCCC(=O)NCC(C(=O)NCCCCCC(=O)O)NC(=O)CCCCCC3(C)/C(=C/C=C/2)N(CCCS(=O)(=O)O)c2ccc(S(=O)(=O)O)cc23)Cc2ccc(S(=O)(=O)[O-])cc21. The highest BCUT2D eigenvalue weighted by Crippen LogP contribution is 2.52. The van der Waals surface area contributed by atoms with E-state index in [9.17, 15) is 58.1 Å². The maximum atomic E-state index is 13.4. The van der Waals surface area contributed by atoms with Crippen LogP contribution in [-0.2, 0) is 66.8 Å². The molecule has 6 N–H and O–H groups in total. The van der Waals surface area contributed by atoms with E-state index >= 15 is 0 Å². The minimum absolute atomic E-state index is 0.00165. The smallest absolute Gasteiger partial charge is 0.303 e. The lowest BCUT2D eigenvalue weighted by Gasteiger charge is -2.31. The molecule has 0 saturated carbocycles. The summed E-state index contributed by atoms with van der Waals surface area (Å²) in [6.07, 6.45) is 15.7. The summed E-state index contributed by atoms with van der Waals surface area (Å²) in [5.74, 6) is -2.62. The Bertz CT molecular complexity index is 2720. The molecule has 2 aromatic rings. The second-order valence-corrected chi connectivity index (χ2v) is 24.0. The summed E-state index contributed by atoms with van der Waals surface area (Å²) in [5, 5.41) is 17.3. The van der Waals surface area contributed by atoms with E-state index in [4.69, 9.17) is 5.11 Å². The van der Waals surface area contributed by atoms with Gasteiger partial charge in [-0.15, -0.1) is 0 Å². The summed E-state index contributed by atoms with van der Waals surface area (Å²) < 4.78 is 106. The lowest BCUT2D eigenvalue weighted by atomic mass is 9.75. The number of carbonyl (C=O) groups is 4. The fourth-order valence-electron chi connectivity index (χ4n) is 9.90. The first-order chi connectivity index (χ1) is 33.3. The Morgan fingerprint density at radius 2 is 1.51 bits per heavy atom. The van der Waals surface area contributed by atoms with Crippen LogP contribution in [-0.4, -0.2) is 99.1 Å². The van der Waals surface area contributed by atoms with Gasteiger partial charge in [-0.25, -0.2) is 8.42 Å². The van der Waals surface area contributed by atoms with E-state index < -0.39 is 70.8 Å². The van der Waals surface area contributed by atoms with E-state index in [1.54, 1.807) is 12.1 Å². The minimum Gasteiger partial charge on any atom is -0.744 e. The number of amides is 3. The summed E-state index contributed by atoms with van der Waals surface area (Å²) >= 11 is 0. The molecule has 0 saturated heterocycles. The van der Waals surface area contributed by atoms with Crippen LogP contribution in [0.5, 0.6) is 0 Å². The van der Waals surface area contributed by atoms with E-state index in [1.807, 2.05) is 43.9 Å². The van der Waals surface area contributed by atoms with Gasteiger partial charge in [-0.1, -0.05) is 76.7 Å². The van der Waals surface area contributed by atoms with Gasteiger partial charge < -0.3 is 30.5 Å². The molecule has 2 aliphatic heterocycles. The van der Waals surface area contributed by atoms with Crippen molar-refractivity contribution in [3.63, 3.8) is 0 Å². The Morgan fingerprint density at radius 3 is 2.20 bits per heavy atom. The highest BCUT2D eigenvalue weighted by molar-refractivity contribution is 7.86. The third kappa shape index (κ3) is 16.3. The van der Waals surface area contributed by atoms with Gasteiger partial charge in [0.15, 0.2) is 0 Å². The molecule has 21 heteroatoms. The van der Waals surface area contributed by atoms with Crippen molar-refractivity contribution in [1.29, 1.82) is 0 Å². The molecule has 2 bridgehead atoms. The number of carbonyl (C=O) groups excluding carboxylic acids is 3. The summed E-state index contributed by atoms with van der Waals surface area (Å²) in [6.45, 7) is 6.04. The average molecular weight is 1050 g/mol. The van der Waals surface area contributed by atoms with Gasteiger partial charge in [0, 0.05) is 61.1 Å². The topological polar surface area (TPSA) is 294 Å². The van der Waals surface area contributed by atoms with Crippen molar-refractivity contribution >= 4 is 59.7 Å². The Hall–Kier alpha value is -4.93. The van der Waals surface area contributed by atoms with Gasteiger partial charge in [0.1, 0.15) is 16.2 Å². The van der Waals surface area contributed by atoms with Crippen molar-refractivity contribution < 1.29 is 63.2 Å². The second-order valence-electron chi connectivity index (χ2n) is 19.6. The van der Waals surface area contributed by atoms with E-state index in [2.05, 4.69) is 22.0 Å². The number of hydrogen-bond acceptors (Lipinski definition) is 12. The van der Waals surface area contributed by atoms with Gasteiger partial charge in [-0.05, 0) is 123 Å². The van der Waals surface area contributed by atoms with Crippen LogP contribution < -0.4 is 20.9 Å². The number of fused-ring (bicyclic) bond motifs is 5. The van der Waals surface area contributed by atoms with Crippen molar-refractivity contribution in [2.75, 3.05) is 30.3 Å². The van der Waals surface area contributed by atoms with Crippen molar-refractivity contribution in [2.45, 2.75) is 157 Å². The number of carboxylic acid groups (broad SMARTS) is 1. The molecule has 3 unspecified atom stereocenters. The molecule has 392 valence electrons. The van der Waals surface area contributed by atoms with Crippen molar-refractivity contribution in [3.05, 3.63) is 88.7 Å². The highest BCUT2D eigenvalue weighted by atomic mass is 32.2. The van der Waals surface area contributed by atoms with Gasteiger partial charge >= 0.3 is 5.97 Å². The van der Waals surface area contributed by atoms with Crippen LogP contribution in [0.2, 0.25) is 0 Å². The first-order valence-corrected chi connectivity index (χ1v) is 28.9. The van der Waals surface area contributed by atoms with Gasteiger partial charge in [-0.2, -0.15) is 16.8 Å². The molecule has 71 heavy (non-hydrogen) atoms. The number of nitrogens with zero attached hydrogens (tertiary/aromatic N) is 1. The van der Waals surface area contributed by atoms with Gasteiger partial charge in [-0.3, -0.25) is 28.3 Å². The highest BCUT2D eigenvalue weighted by Gasteiger charge is 2.44. The molecule has 2 heterocycles. The zero-order valence-corrected chi connectivity index (χ0v) is 43.2. The molecule has 0 aromatic heterocycles. The van der Waals surface area contributed by atoms with Crippen molar-refractivity contribution in [3.8, 4) is 0 Å². The van der Waals surface area contributed by atoms with E-state index in [0.29, 0.717) is 80.3 Å². The number of unbranched alkanes of at least 4 members (excludes halogenated alkanes) is 2. The molecule has 18 nitrogen and oxygen atoms in total. The lowest BCUT2D eigenvalue weighted by molar-refractivity contribution is -0.137. The number of anilines is 1. The Morgan fingerprint density at radius 1 is 0.831 bits per heavy atom. The van der Waals surface area contributed by atoms with Crippen LogP contribution in [0.15, 0.2) is 81.8 Å². The molecular weight excluding hydrogens is 977 g/mol. The first-order valence-electron chi connectivity index (χ1n) is 24.4. The summed E-state index contributed by atoms with van der Waals surface area (Å²) in [5.41, 5.74) is 2.43. The van der Waals surface area contributed by atoms with Crippen molar-refractivity contribution in [1.82, 2.24) is 16.0 Å². The van der Waals surface area contributed by atoms with Crippen LogP contribution in [0.1, 0.15) is 140 Å². The number of nitrogens with one attached hydrogen (secondary N) is 3. The minimum atomic E-state index is -4.78. The standard InChI is InChI=1S/C50H70N4O14S3/c1-49(2)37-17-14-18-44-50(3,41-33-39(71(66,67)68)24-25-43(41)54(44)28-15-29-69(60,61)62)26-12-6-10-20-46(56)53-42(48(59)51-27-13-7-11-21-47(57)58)34-52-45(55)19-9-5-4-8-16-35(31-37)30-36-22-23-38(32-40(36)49)70(63,64)65/h14,17-18,22-25,31-33,35,42H,4-13,15-16,19-21,26-30,34H2,1-3H3,(H,51,59)(H,52,55)(H,53,56)(H,57,58)(H,60,61,62)(H,63,64,65)(H,66,67,68)/p-1/b17-14+,44-18-. The molecule has 0 radical (unpaired) electrons. The third-order valence-corrected chi connectivity index (χ3v) is 16.3. The van der Waals surface area contributed by atoms with Crippen LogP contribution >= 0.6 is 0 Å². The fraction of sp³-hybridized carbons (Fsp3) is 0.560. The Labute approximate surface area is 418 Å². The first kappa shape index (κ1) is 57.0. The number of carboxylic acids is 1. The van der Waals surface area contributed by atoms with Crippen LogP contribution in [0, 0.1) is 5.92 Å². The van der Waals surface area contributed by atoms with Gasteiger partial charge in [0.25, 0.3) is 20.2 Å². The van der Waals surface area contributed by atoms with E-state index in [1.165, 1.54) is 24.3 Å². The summed E-state index contributed by atoms with van der Waals surface area (Å²) in [4.78, 5) is 51.8. The number of benzene rings is 2. The quantitative estimate of drug-likeness (QED) is 0.0938. The molecular formula is C50H69N4O14S3-. The largest absolute Gasteiger partial charge is 0.744 e. The summed E-state index contributed by atoms with van der Waals surface area (Å²) in [6, 6.07) is 7.63. The van der Waals surface area contributed by atoms with Crippen molar-refractivity contribution in [2.24, 2.45) is 5.92 Å². The second kappa shape index (κ2) is 24.7. The molecule has 0 spiro atoms. The Kier molecular flexibility index (Phi) is 19.8. The number of aliphatic carboxylic acids is 1. The molecule has 5 rings (SSSR count). The molecule has 3 amide bonds. The maximum Gasteiger partial charge on any atom is 0.303 e. The molecule has 2 aromatic carbocycles. The van der Waals surface area contributed by atoms with Gasteiger partial charge in [0.05, 0.1) is 15.5 Å². The molecule has 3 atom stereocenters. The monoisotopic (exact) mass is 1050 g/mol. The maximum absolute atomic E-state index is 13.4. The normalized spacial score (nSPS) is 23.3. The zero-order valence-electron chi connectivity index (χ0n) is 40.8. The van der Waals surface area contributed by atoms with Crippen LogP contribution in [0.25, 0.3) is 0 Å². The predicted octanol–water partition coefficient (Wildman–Crippen LogP) is 6.38. The zero-order chi connectivity index (χ0) is 52.2. The predicted molar refractivity (Wildman–Crippen MR) is 267 cm³/mol. The number of allylic oxidation sites excluding steroid dienone is 6. The number of rotatable bonds is 13. The molecule has 1 aliphatic carbocycles. The van der Waals surface area contributed by atoms with E-state index in [0.717, 1.165) is 36.8 Å². The van der Waals surface area contributed by atoms with Crippen LogP contribution in [0.3, 0.4) is 0 Å². The molecule has 3 aliphatic rings.